The van der Waals surface area contributed by atoms with Gasteiger partial charge in [0.05, 0.1) is 27.9 Å². The van der Waals surface area contributed by atoms with Gasteiger partial charge in [-0.3, -0.25) is 14.2 Å². The standard InChI is InChI=1S/C25H18BrN3O2/c1-15-7-12-22-19(13-15)20(24(30)28(22)2)14-23-27-21-6-4-3-5-18(21)25(31)29(23)17-10-8-16(26)9-11-17/h3-14H,1-2H3/b20-14+. The van der Waals surface area contributed by atoms with E-state index in [1.165, 1.54) is 0 Å². The minimum Gasteiger partial charge on any atom is -0.311 e. The summed E-state index contributed by atoms with van der Waals surface area (Å²) in [5, 5.41) is 0.527. The van der Waals surface area contributed by atoms with Crippen LogP contribution in [0.2, 0.25) is 0 Å². The molecule has 0 bridgehead atoms. The average molecular weight is 472 g/mol. The number of likely N-dealkylation sites (N-methyl/N-ethyl adjacent to an activating group) is 1. The maximum Gasteiger partial charge on any atom is 0.266 e. The molecule has 152 valence electrons. The van der Waals surface area contributed by atoms with Gasteiger partial charge in [-0.1, -0.05) is 39.7 Å². The zero-order valence-corrected chi connectivity index (χ0v) is 18.6. The maximum absolute atomic E-state index is 13.4. The summed E-state index contributed by atoms with van der Waals surface area (Å²) in [5.74, 6) is 0.294. The molecule has 0 N–H and O–H groups in total. The minimum atomic E-state index is -0.178. The summed E-state index contributed by atoms with van der Waals surface area (Å²) in [4.78, 5) is 32.9. The van der Waals surface area contributed by atoms with Crippen LogP contribution in [-0.2, 0) is 4.79 Å². The number of para-hydroxylation sites is 1. The summed E-state index contributed by atoms with van der Waals surface area (Å²) >= 11 is 3.44. The highest BCUT2D eigenvalue weighted by atomic mass is 79.9. The normalized spacial score (nSPS) is 14.5. The summed E-state index contributed by atoms with van der Waals surface area (Å²) in [7, 11) is 1.76. The molecule has 0 radical (unpaired) electrons. The molecule has 2 heterocycles. The zero-order chi connectivity index (χ0) is 21.7. The number of halogens is 1. The second-order valence-electron chi connectivity index (χ2n) is 7.55. The highest BCUT2D eigenvalue weighted by Gasteiger charge is 2.30. The summed E-state index contributed by atoms with van der Waals surface area (Å²) in [6.07, 6.45) is 1.72. The van der Waals surface area contributed by atoms with Crippen LogP contribution < -0.4 is 10.5 Å². The van der Waals surface area contributed by atoms with Gasteiger partial charge < -0.3 is 4.90 Å². The van der Waals surface area contributed by atoms with Crippen LogP contribution in [0.15, 0.2) is 76.0 Å². The molecule has 0 spiro atoms. The lowest BCUT2D eigenvalue weighted by molar-refractivity contribution is -0.112. The van der Waals surface area contributed by atoms with Gasteiger partial charge in [0.15, 0.2) is 0 Å². The first-order valence-corrected chi connectivity index (χ1v) is 10.6. The van der Waals surface area contributed by atoms with Crippen LogP contribution in [0.5, 0.6) is 0 Å². The maximum atomic E-state index is 13.4. The van der Waals surface area contributed by atoms with E-state index in [0.717, 1.165) is 21.3 Å². The molecule has 6 heteroatoms. The number of amides is 1. The molecule has 5 rings (SSSR count). The fraction of sp³-hybridized carbons (Fsp3) is 0.0800. The Morgan fingerprint density at radius 1 is 0.968 bits per heavy atom. The van der Waals surface area contributed by atoms with Crippen molar-refractivity contribution in [1.82, 2.24) is 9.55 Å². The lowest BCUT2D eigenvalue weighted by Gasteiger charge is -2.12. The second-order valence-corrected chi connectivity index (χ2v) is 8.46. The number of aromatic nitrogens is 2. The Bertz CT molecular complexity index is 1450. The molecule has 0 atom stereocenters. The quantitative estimate of drug-likeness (QED) is 0.387. The van der Waals surface area contributed by atoms with Crippen molar-refractivity contribution in [3.63, 3.8) is 0 Å². The SMILES string of the molecule is Cc1ccc2c(c1)/C(=C\c1nc3ccccc3c(=O)n1-c1ccc(Br)cc1)C(=O)N2C. The third-order valence-electron chi connectivity index (χ3n) is 5.50. The lowest BCUT2D eigenvalue weighted by atomic mass is 10.0. The first-order chi connectivity index (χ1) is 14.9. The highest BCUT2D eigenvalue weighted by Crippen LogP contribution is 2.37. The van der Waals surface area contributed by atoms with E-state index in [1.807, 2.05) is 67.6 Å². The fourth-order valence-electron chi connectivity index (χ4n) is 3.92. The molecule has 31 heavy (non-hydrogen) atoms. The van der Waals surface area contributed by atoms with Crippen molar-refractivity contribution in [1.29, 1.82) is 0 Å². The number of carbonyl (C=O) groups is 1. The fourth-order valence-corrected chi connectivity index (χ4v) is 4.18. The number of fused-ring (bicyclic) bond motifs is 2. The molecule has 1 amide bonds. The molecule has 1 aliphatic heterocycles. The van der Waals surface area contributed by atoms with Gasteiger partial charge in [0, 0.05) is 17.1 Å². The van der Waals surface area contributed by atoms with E-state index in [1.54, 1.807) is 28.7 Å². The van der Waals surface area contributed by atoms with Crippen molar-refractivity contribution in [3.8, 4) is 5.69 Å². The van der Waals surface area contributed by atoms with Gasteiger partial charge in [-0.25, -0.2) is 4.98 Å². The summed E-state index contributed by atoms with van der Waals surface area (Å²) in [5.41, 5.74) is 4.37. The van der Waals surface area contributed by atoms with Crippen LogP contribution >= 0.6 is 15.9 Å². The van der Waals surface area contributed by atoms with E-state index in [2.05, 4.69) is 15.9 Å². The molecule has 0 saturated carbocycles. The first-order valence-electron chi connectivity index (χ1n) is 9.82. The Hall–Kier alpha value is -3.51. The summed E-state index contributed by atoms with van der Waals surface area (Å²) < 4.78 is 2.47. The van der Waals surface area contributed by atoms with Crippen LogP contribution in [0.1, 0.15) is 17.0 Å². The Morgan fingerprint density at radius 3 is 2.48 bits per heavy atom. The predicted molar refractivity (Wildman–Crippen MR) is 128 cm³/mol. The van der Waals surface area contributed by atoms with Crippen molar-refractivity contribution < 1.29 is 4.79 Å². The van der Waals surface area contributed by atoms with Gasteiger partial charge in [-0.2, -0.15) is 0 Å². The van der Waals surface area contributed by atoms with Gasteiger partial charge in [0.1, 0.15) is 5.82 Å². The second kappa shape index (κ2) is 7.32. The van der Waals surface area contributed by atoms with Crippen molar-refractivity contribution >= 4 is 50.1 Å². The number of hydrogen-bond donors (Lipinski definition) is 0. The molecule has 0 unspecified atom stereocenters. The lowest BCUT2D eigenvalue weighted by Crippen LogP contribution is -2.23. The minimum absolute atomic E-state index is 0.120. The number of hydrogen-bond acceptors (Lipinski definition) is 3. The van der Waals surface area contributed by atoms with E-state index in [0.29, 0.717) is 28.0 Å². The van der Waals surface area contributed by atoms with Crippen molar-refractivity contribution in [2.75, 3.05) is 11.9 Å². The van der Waals surface area contributed by atoms with Crippen molar-refractivity contribution in [2.45, 2.75) is 6.92 Å². The number of benzene rings is 3. The number of anilines is 1. The Labute approximate surface area is 187 Å². The first kappa shape index (κ1) is 19.5. The van der Waals surface area contributed by atoms with Crippen molar-refractivity contribution in [2.24, 2.45) is 0 Å². The Morgan fingerprint density at radius 2 is 1.71 bits per heavy atom. The average Bonchev–Trinajstić information content (AvgIpc) is 2.99. The molecule has 0 aliphatic carbocycles. The van der Waals surface area contributed by atoms with E-state index in [4.69, 9.17) is 4.98 Å². The van der Waals surface area contributed by atoms with Gasteiger partial charge >= 0.3 is 0 Å². The third-order valence-corrected chi connectivity index (χ3v) is 6.03. The molecule has 0 saturated heterocycles. The number of rotatable bonds is 2. The van der Waals surface area contributed by atoms with Crippen molar-refractivity contribution in [3.05, 3.63) is 98.5 Å². The van der Waals surface area contributed by atoms with Crippen LogP contribution in [0, 0.1) is 6.92 Å². The third kappa shape index (κ3) is 3.20. The number of aryl methyl sites for hydroxylation is 1. The summed E-state index contributed by atoms with van der Waals surface area (Å²) in [6.45, 7) is 1.99. The zero-order valence-electron chi connectivity index (χ0n) is 17.0. The molecule has 0 fully saturated rings. The van der Waals surface area contributed by atoms with E-state index >= 15 is 0 Å². The van der Waals surface area contributed by atoms with Crippen LogP contribution in [0.25, 0.3) is 28.2 Å². The van der Waals surface area contributed by atoms with Crippen LogP contribution in [0.3, 0.4) is 0 Å². The molecular weight excluding hydrogens is 454 g/mol. The Kier molecular flexibility index (Phi) is 4.59. The van der Waals surface area contributed by atoms with Crippen LogP contribution in [0.4, 0.5) is 5.69 Å². The van der Waals surface area contributed by atoms with Gasteiger partial charge in [0.25, 0.3) is 11.5 Å². The topological polar surface area (TPSA) is 55.2 Å². The number of nitrogens with zero attached hydrogens (tertiary/aromatic N) is 3. The summed E-state index contributed by atoms with van der Waals surface area (Å²) in [6, 6.07) is 20.6. The molecule has 1 aliphatic rings. The molecule has 5 nitrogen and oxygen atoms in total. The van der Waals surface area contributed by atoms with E-state index in [-0.39, 0.29) is 11.5 Å². The highest BCUT2D eigenvalue weighted by molar-refractivity contribution is 9.10. The largest absolute Gasteiger partial charge is 0.311 e. The van der Waals surface area contributed by atoms with Gasteiger partial charge in [0.2, 0.25) is 0 Å². The molecule has 4 aromatic rings. The smallest absolute Gasteiger partial charge is 0.266 e. The molecule has 1 aromatic heterocycles. The van der Waals surface area contributed by atoms with Crippen LogP contribution in [-0.4, -0.2) is 22.5 Å². The van der Waals surface area contributed by atoms with E-state index in [9.17, 15) is 9.59 Å². The van der Waals surface area contributed by atoms with E-state index < -0.39 is 0 Å². The number of carbonyl (C=O) groups excluding carboxylic acids is 1. The van der Waals surface area contributed by atoms with Gasteiger partial charge in [-0.05, 0) is 61.5 Å². The monoisotopic (exact) mass is 471 g/mol. The predicted octanol–water partition coefficient (Wildman–Crippen LogP) is 4.97. The van der Waals surface area contributed by atoms with Gasteiger partial charge in [-0.15, -0.1) is 0 Å². The Balaban J connectivity index is 1.82. The molecular formula is C25H18BrN3O2. The molecule has 3 aromatic carbocycles.